The Kier molecular flexibility index (Phi) is 3.56. The van der Waals surface area contributed by atoms with Gasteiger partial charge < -0.3 is 10.3 Å². The zero-order valence-corrected chi connectivity index (χ0v) is 15.2. The average Bonchev–Trinajstić information content (AvgIpc) is 2.92. The van der Waals surface area contributed by atoms with Gasteiger partial charge in [-0.25, -0.2) is 0 Å². The molecule has 4 bridgehead atoms. The number of aryl methyl sites for hydroxylation is 1. The molecule has 4 saturated carbocycles. The Balaban J connectivity index is 1.38. The second-order valence-electron chi connectivity index (χ2n) is 8.88. The van der Waals surface area contributed by atoms with Gasteiger partial charge in [-0.3, -0.25) is 4.79 Å². The predicted octanol–water partition coefficient (Wildman–Crippen LogP) is 4.46. The minimum Gasteiger partial charge on any atom is -0.358 e. The van der Waals surface area contributed by atoms with E-state index < -0.39 is 0 Å². The lowest BCUT2D eigenvalue weighted by molar-refractivity contribution is -0.0161. The zero-order valence-electron chi connectivity index (χ0n) is 15.2. The standard InChI is InChI=1S/C22H28N2O/c1-12-20(18-5-3-4-6-19(18)23-12)22(25)13(2)24-21-16-8-14-7-15(10-16)11-17(21)9-14/h3-6,13-17,21,23-24H,7-11H2,1-2H3/t13-,14?,15?,16?,17?,21?/m1/s1. The molecule has 2 aromatic rings. The number of hydrogen-bond acceptors (Lipinski definition) is 2. The molecule has 0 unspecified atom stereocenters. The van der Waals surface area contributed by atoms with Crippen LogP contribution in [0, 0.1) is 30.6 Å². The fraction of sp³-hybridized carbons (Fsp3) is 0.591. The summed E-state index contributed by atoms with van der Waals surface area (Å²) in [5, 5.41) is 4.84. The van der Waals surface area contributed by atoms with Crippen molar-refractivity contribution in [2.24, 2.45) is 23.7 Å². The lowest BCUT2D eigenvalue weighted by Crippen LogP contribution is -2.57. The first-order chi connectivity index (χ1) is 12.1. The van der Waals surface area contributed by atoms with Crippen LogP contribution in [0.5, 0.6) is 0 Å². The molecule has 132 valence electrons. The average molecular weight is 336 g/mol. The van der Waals surface area contributed by atoms with E-state index >= 15 is 0 Å². The van der Waals surface area contributed by atoms with Crippen molar-refractivity contribution in [3.8, 4) is 0 Å². The van der Waals surface area contributed by atoms with Crippen LogP contribution in [-0.4, -0.2) is 22.9 Å². The van der Waals surface area contributed by atoms with Gasteiger partial charge >= 0.3 is 0 Å². The molecular weight excluding hydrogens is 308 g/mol. The van der Waals surface area contributed by atoms with Crippen molar-refractivity contribution in [3.63, 3.8) is 0 Å². The molecule has 25 heavy (non-hydrogen) atoms. The largest absolute Gasteiger partial charge is 0.358 e. The van der Waals surface area contributed by atoms with Gasteiger partial charge in [0.15, 0.2) is 5.78 Å². The molecule has 4 aliphatic carbocycles. The molecule has 0 aliphatic heterocycles. The second kappa shape index (κ2) is 5.70. The van der Waals surface area contributed by atoms with Crippen molar-refractivity contribution in [3.05, 3.63) is 35.5 Å². The van der Waals surface area contributed by atoms with Crippen LogP contribution in [0.25, 0.3) is 10.9 Å². The maximum atomic E-state index is 13.2. The Bertz CT molecular complexity index is 793. The summed E-state index contributed by atoms with van der Waals surface area (Å²) in [6.45, 7) is 4.08. The van der Waals surface area contributed by atoms with Gasteiger partial charge in [-0.15, -0.1) is 0 Å². The van der Waals surface area contributed by atoms with Gasteiger partial charge in [0.1, 0.15) is 0 Å². The lowest BCUT2D eigenvalue weighted by atomic mass is 9.54. The second-order valence-corrected chi connectivity index (χ2v) is 8.88. The van der Waals surface area contributed by atoms with Crippen molar-refractivity contribution in [2.45, 2.75) is 58.0 Å². The number of Topliss-reactive ketones (excluding diaryl/α,β-unsaturated/α-hetero) is 1. The fourth-order valence-electron chi connectivity index (χ4n) is 6.37. The van der Waals surface area contributed by atoms with Gasteiger partial charge in [-0.1, -0.05) is 18.2 Å². The molecule has 1 aromatic heterocycles. The van der Waals surface area contributed by atoms with Crippen LogP contribution >= 0.6 is 0 Å². The normalized spacial score (nSPS) is 34.6. The highest BCUT2D eigenvalue weighted by Gasteiger charge is 2.48. The minimum absolute atomic E-state index is 0.111. The van der Waals surface area contributed by atoms with Gasteiger partial charge in [0.25, 0.3) is 0 Å². The van der Waals surface area contributed by atoms with Crippen molar-refractivity contribution >= 4 is 16.7 Å². The number of fused-ring (bicyclic) bond motifs is 1. The molecule has 1 heterocycles. The summed E-state index contributed by atoms with van der Waals surface area (Å²) >= 11 is 0. The molecule has 4 fully saturated rings. The highest BCUT2D eigenvalue weighted by Crippen LogP contribution is 2.53. The van der Waals surface area contributed by atoms with E-state index in [1.165, 1.54) is 32.1 Å². The molecule has 0 radical (unpaired) electrons. The van der Waals surface area contributed by atoms with Crippen LogP contribution in [0.15, 0.2) is 24.3 Å². The Morgan fingerprint density at radius 3 is 2.40 bits per heavy atom. The number of aromatic nitrogens is 1. The van der Waals surface area contributed by atoms with E-state index in [1.807, 2.05) is 19.1 Å². The van der Waals surface area contributed by atoms with Crippen LogP contribution in [-0.2, 0) is 0 Å². The Morgan fingerprint density at radius 2 is 1.72 bits per heavy atom. The van der Waals surface area contributed by atoms with E-state index in [0.29, 0.717) is 6.04 Å². The highest BCUT2D eigenvalue weighted by molar-refractivity contribution is 6.11. The quantitative estimate of drug-likeness (QED) is 0.810. The number of para-hydroxylation sites is 1. The van der Waals surface area contributed by atoms with E-state index in [0.717, 1.165) is 45.8 Å². The maximum absolute atomic E-state index is 13.2. The van der Waals surface area contributed by atoms with Gasteiger partial charge in [0.2, 0.25) is 0 Å². The van der Waals surface area contributed by atoms with Gasteiger partial charge in [-0.05, 0) is 75.7 Å². The van der Waals surface area contributed by atoms with Gasteiger partial charge in [0, 0.05) is 28.2 Å². The third kappa shape index (κ3) is 2.47. The van der Waals surface area contributed by atoms with Crippen molar-refractivity contribution in [1.82, 2.24) is 10.3 Å². The smallest absolute Gasteiger partial charge is 0.181 e. The monoisotopic (exact) mass is 336 g/mol. The summed E-state index contributed by atoms with van der Waals surface area (Å²) in [6, 6.07) is 8.58. The molecule has 0 spiro atoms. The van der Waals surface area contributed by atoms with Crippen LogP contribution in [0.4, 0.5) is 0 Å². The number of ketones is 1. The Hall–Kier alpha value is -1.61. The number of hydrogen-bond donors (Lipinski definition) is 2. The topological polar surface area (TPSA) is 44.9 Å². The number of carbonyl (C=O) groups excluding carboxylic acids is 1. The van der Waals surface area contributed by atoms with Crippen LogP contribution < -0.4 is 5.32 Å². The van der Waals surface area contributed by atoms with Crippen LogP contribution in [0.3, 0.4) is 0 Å². The summed E-state index contributed by atoms with van der Waals surface area (Å²) < 4.78 is 0. The SMILES string of the molecule is Cc1[nH]c2ccccc2c1C(=O)[C@@H](C)NC1C2CC3CC(C2)CC1C3. The van der Waals surface area contributed by atoms with E-state index in [-0.39, 0.29) is 11.8 Å². The first kappa shape index (κ1) is 15.6. The van der Waals surface area contributed by atoms with Crippen LogP contribution in [0.1, 0.15) is 55.1 Å². The zero-order chi connectivity index (χ0) is 17.1. The number of nitrogens with one attached hydrogen (secondary N) is 2. The van der Waals surface area contributed by atoms with Gasteiger partial charge in [-0.2, -0.15) is 0 Å². The molecule has 1 atom stereocenters. The summed E-state index contributed by atoms with van der Waals surface area (Å²) in [5.41, 5.74) is 2.93. The molecule has 0 amide bonds. The first-order valence-electron chi connectivity index (χ1n) is 9.97. The molecule has 1 aromatic carbocycles. The van der Waals surface area contributed by atoms with Crippen LogP contribution in [0.2, 0.25) is 0 Å². The minimum atomic E-state index is -0.111. The number of carbonyl (C=O) groups is 1. The molecule has 3 heteroatoms. The van der Waals surface area contributed by atoms with Crippen molar-refractivity contribution in [1.29, 1.82) is 0 Å². The molecule has 3 nitrogen and oxygen atoms in total. The summed E-state index contributed by atoms with van der Waals surface area (Å²) in [7, 11) is 0. The molecule has 0 saturated heterocycles. The number of H-pyrrole nitrogens is 1. The molecule has 6 rings (SSSR count). The molecule has 4 aliphatic rings. The Morgan fingerprint density at radius 1 is 1.08 bits per heavy atom. The Labute approximate surface area is 149 Å². The van der Waals surface area contributed by atoms with E-state index in [1.54, 1.807) is 0 Å². The summed E-state index contributed by atoms with van der Waals surface area (Å²) in [6.07, 6.45) is 7.02. The van der Waals surface area contributed by atoms with E-state index in [4.69, 9.17) is 0 Å². The molecule has 2 N–H and O–H groups in total. The number of benzene rings is 1. The third-order valence-electron chi connectivity index (χ3n) is 7.20. The fourth-order valence-corrected chi connectivity index (χ4v) is 6.37. The van der Waals surface area contributed by atoms with Crippen molar-refractivity contribution in [2.75, 3.05) is 0 Å². The van der Waals surface area contributed by atoms with E-state index in [2.05, 4.69) is 29.4 Å². The lowest BCUT2D eigenvalue weighted by Gasteiger charge is -2.55. The van der Waals surface area contributed by atoms with Gasteiger partial charge in [0.05, 0.1) is 6.04 Å². The first-order valence-corrected chi connectivity index (χ1v) is 9.97. The summed E-state index contributed by atoms with van der Waals surface area (Å²) in [4.78, 5) is 16.6. The third-order valence-corrected chi connectivity index (χ3v) is 7.20. The highest BCUT2D eigenvalue weighted by atomic mass is 16.1. The van der Waals surface area contributed by atoms with Crippen molar-refractivity contribution < 1.29 is 4.79 Å². The number of aromatic amines is 1. The summed E-state index contributed by atoms with van der Waals surface area (Å²) in [5.74, 6) is 3.79. The van der Waals surface area contributed by atoms with E-state index in [9.17, 15) is 4.79 Å². The predicted molar refractivity (Wildman–Crippen MR) is 101 cm³/mol. The molecular formula is C22H28N2O. The maximum Gasteiger partial charge on any atom is 0.181 e. The number of rotatable bonds is 4.